The second-order valence-electron chi connectivity index (χ2n) is 2.93. The molecule has 0 atom stereocenters. The smallest absolute Gasteiger partial charge is 0.260 e. The van der Waals surface area contributed by atoms with Gasteiger partial charge in [0.05, 0.1) is 10.6 Å². The first-order valence-electron chi connectivity index (χ1n) is 3.77. The average molecular weight is 340 g/mol. The lowest BCUT2D eigenvalue weighted by Crippen LogP contribution is -2.29. The molecule has 0 aliphatic carbocycles. The zero-order valence-electron chi connectivity index (χ0n) is 7.09. The molecule has 0 fully saturated rings. The van der Waals surface area contributed by atoms with Gasteiger partial charge < -0.3 is 0 Å². The first-order chi connectivity index (χ1) is 6.46. The van der Waals surface area contributed by atoms with Gasteiger partial charge in [-0.05, 0) is 6.07 Å². The van der Waals surface area contributed by atoms with Crippen molar-refractivity contribution in [3.8, 4) is 0 Å². The van der Waals surface area contributed by atoms with E-state index in [1.165, 1.54) is 4.90 Å². The normalized spacial score (nSPS) is 18.6. The van der Waals surface area contributed by atoms with Gasteiger partial charge in [0.2, 0.25) is 0 Å². The lowest BCUT2D eigenvalue weighted by atomic mass is 10.2. The van der Waals surface area contributed by atoms with Crippen LogP contribution in [0.2, 0.25) is 5.02 Å². The number of fused-ring (bicyclic) bond motifs is 1. The standard InChI is InChI=1S/C8H5Br2ClN2O/c1-13-6-5(4(11)2-3-12-6)8(9,10)7(13)14/h2-3H,1H3. The highest BCUT2D eigenvalue weighted by molar-refractivity contribution is 9.25. The Labute approximate surface area is 103 Å². The van der Waals surface area contributed by atoms with E-state index < -0.39 is 3.23 Å². The lowest BCUT2D eigenvalue weighted by Gasteiger charge is -2.12. The van der Waals surface area contributed by atoms with E-state index in [0.29, 0.717) is 16.4 Å². The molecule has 1 aromatic heterocycles. The maximum atomic E-state index is 11.8. The number of aromatic nitrogens is 1. The Bertz CT molecular complexity index is 422. The van der Waals surface area contributed by atoms with Gasteiger partial charge in [-0.25, -0.2) is 4.98 Å². The van der Waals surface area contributed by atoms with E-state index in [9.17, 15) is 4.79 Å². The van der Waals surface area contributed by atoms with Crippen LogP contribution in [0.15, 0.2) is 12.3 Å². The molecule has 0 saturated carbocycles. The quantitative estimate of drug-likeness (QED) is 0.680. The minimum Gasteiger partial charge on any atom is -0.297 e. The third-order valence-corrected chi connectivity index (χ3v) is 3.87. The minimum atomic E-state index is -0.935. The number of likely N-dealkylation sites (N-methyl/N-ethyl adjacent to an activating group) is 1. The number of carbonyl (C=O) groups excluding carboxylic acids is 1. The zero-order valence-corrected chi connectivity index (χ0v) is 11.0. The van der Waals surface area contributed by atoms with E-state index in [4.69, 9.17) is 11.6 Å². The molecule has 0 bridgehead atoms. The van der Waals surface area contributed by atoms with Crippen LogP contribution in [0.1, 0.15) is 5.56 Å². The summed E-state index contributed by atoms with van der Waals surface area (Å²) in [4.78, 5) is 17.3. The van der Waals surface area contributed by atoms with Gasteiger partial charge in [0.15, 0.2) is 3.23 Å². The van der Waals surface area contributed by atoms with E-state index in [2.05, 4.69) is 36.8 Å². The number of alkyl halides is 2. The molecule has 1 aromatic rings. The van der Waals surface area contributed by atoms with Crippen molar-refractivity contribution < 1.29 is 4.79 Å². The van der Waals surface area contributed by atoms with Crippen molar-refractivity contribution in [1.29, 1.82) is 0 Å². The van der Waals surface area contributed by atoms with Crippen molar-refractivity contribution in [2.45, 2.75) is 3.23 Å². The number of pyridine rings is 1. The molecule has 0 aromatic carbocycles. The van der Waals surface area contributed by atoms with E-state index in [1.807, 2.05) is 0 Å². The highest BCUT2D eigenvalue weighted by Crippen LogP contribution is 2.51. The Morgan fingerprint density at radius 2 is 2.21 bits per heavy atom. The fourth-order valence-electron chi connectivity index (χ4n) is 1.39. The highest BCUT2D eigenvalue weighted by atomic mass is 79.9. The number of rotatable bonds is 0. The molecule has 3 nitrogen and oxygen atoms in total. The van der Waals surface area contributed by atoms with Crippen molar-refractivity contribution in [2.75, 3.05) is 11.9 Å². The van der Waals surface area contributed by atoms with E-state index in [1.54, 1.807) is 19.3 Å². The predicted molar refractivity (Wildman–Crippen MR) is 62.2 cm³/mol. The van der Waals surface area contributed by atoms with E-state index >= 15 is 0 Å². The van der Waals surface area contributed by atoms with Crippen LogP contribution in [0.5, 0.6) is 0 Å². The molecule has 0 radical (unpaired) electrons. The Balaban J connectivity index is 2.75. The number of amides is 1. The van der Waals surface area contributed by atoms with Crippen molar-refractivity contribution in [3.05, 3.63) is 22.8 Å². The van der Waals surface area contributed by atoms with Crippen LogP contribution in [0.25, 0.3) is 0 Å². The maximum absolute atomic E-state index is 11.8. The largest absolute Gasteiger partial charge is 0.297 e. The summed E-state index contributed by atoms with van der Waals surface area (Å²) in [5, 5.41) is 0.515. The summed E-state index contributed by atoms with van der Waals surface area (Å²) in [7, 11) is 1.66. The fraction of sp³-hybridized carbons (Fsp3) is 0.250. The molecule has 0 unspecified atom stereocenters. The van der Waals surface area contributed by atoms with E-state index in [-0.39, 0.29) is 5.91 Å². The number of halogens is 3. The lowest BCUT2D eigenvalue weighted by molar-refractivity contribution is -0.117. The summed E-state index contributed by atoms with van der Waals surface area (Å²) in [6.45, 7) is 0. The highest BCUT2D eigenvalue weighted by Gasteiger charge is 2.48. The summed E-state index contributed by atoms with van der Waals surface area (Å²) in [5.41, 5.74) is 0.661. The van der Waals surface area contributed by atoms with Crippen LogP contribution in [-0.4, -0.2) is 17.9 Å². The molecule has 0 N–H and O–H groups in total. The predicted octanol–water partition coefficient (Wildman–Crippen LogP) is 2.65. The van der Waals surface area contributed by atoms with Gasteiger partial charge >= 0.3 is 0 Å². The monoisotopic (exact) mass is 338 g/mol. The second-order valence-corrected chi connectivity index (χ2v) is 6.78. The van der Waals surface area contributed by atoms with Crippen LogP contribution in [0, 0.1) is 0 Å². The van der Waals surface area contributed by atoms with Crippen molar-refractivity contribution in [1.82, 2.24) is 4.98 Å². The summed E-state index contributed by atoms with van der Waals surface area (Å²) >= 11 is 12.6. The summed E-state index contributed by atoms with van der Waals surface area (Å²) in [6.07, 6.45) is 1.58. The van der Waals surface area contributed by atoms with Gasteiger partial charge in [-0.2, -0.15) is 0 Å². The molecule has 0 saturated heterocycles. The molecule has 0 spiro atoms. The van der Waals surface area contributed by atoms with Crippen molar-refractivity contribution >= 4 is 55.2 Å². The second kappa shape index (κ2) is 3.18. The van der Waals surface area contributed by atoms with Crippen LogP contribution in [0.3, 0.4) is 0 Å². The summed E-state index contributed by atoms with van der Waals surface area (Å²) in [5.74, 6) is 0.448. The molecule has 2 rings (SSSR count). The van der Waals surface area contributed by atoms with Gasteiger partial charge in [-0.15, -0.1) is 0 Å². The van der Waals surface area contributed by atoms with Gasteiger partial charge in [-0.1, -0.05) is 43.5 Å². The Morgan fingerprint density at radius 1 is 1.57 bits per heavy atom. The first-order valence-corrected chi connectivity index (χ1v) is 5.73. The molecule has 6 heteroatoms. The molecular weight excluding hydrogens is 335 g/mol. The number of carbonyl (C=O) groups is 1. The molecule has 74 valence electrons. The Kier molecular flexibility index (Phi) is 2.36. The SMILES string of the molecule is CN1C(=O)C(Br)(Br)c2c(Cl)ccnc21. The van der Waals surface area contributed by atoms with Gasteiger partial charge in [-0.3, -0.25) is 9.69 Å². The molecule has 1 aliphatic rings. The van der Waals surface area contributed by atoms with Gasteiger partial charge in [0.1, 0.15) is 5.82 Å². The molecule has 2 heterocycles. The molecule has 14 heavy (non-hydrogen) atoms. The van der Waals surface area contributed by atoms with Gasteiger partial charge in [0.25, 0.3) is 5.91 Å². The van der Waals surface area contributed by atoms with Crippen LogP contribution >= 0.6 is 43.5 Å². The summed E-state index contributed by atoms with van der Waals surface area (Å²) < 4.78 is -0.935. The topological polar surface area (TPSA) is 33.2 Å². The molecule has 1 amide bonds. The third-order valence-electron chi connectivity index (χ3n) is 2.09. The number of hydrogen-bond acceptors (Lipinski definition) is 2. The zero-order chi connectivity index (χ0) is 10.5. The number of hydrogen-bond donors (Lipinski definition) is 0. The molecular formula is C8H5Br2ClN2O. The summed E-state index contributed by atoms with van der Waals surface area (Å²) in [6, 6.07) is 1.66. The number of anilines is 1. The van der Waals surface area contributed by atoms with E-state index in [0.717, 1.165) is 0 Å². The molecule has 1 aliphatic heterocycles. The van der Waals surface area contributed by atoms with Gasteiger partial charge in [0, 0.05) is 13.2 Å². The van der Waals surface area contributed by atoms with Crippen molar-refractivity contribution in [2.24, 2.45) is 0 Å². The number of nitrogens with zero attached hydrogens (tertiary/aromatic N) is 2. The minimum absolute atomic E-state index is 0.131. The maximum Gasteiger partial charge on any atom is 0.260 e. The third kappa shape index (κ3) is 1.22. The Morgan fingerprint density at radius 3 is 2.79 bits per heavy atom. The Hall–Kier alpha value is -0.130. The van der Waals surface area contributed by atoms with Crippen LogP contribution in [0.4, 0.5) is 5.82 Å². The van der Waals surface area contributed by atoms with Crippen LogP contribution < -0.4 is 4.90 Å². The first kappa shape index (κ1) is 10.4. The fourth-order valence-corrected chi connectivity index (χ4v) is 3.21. The van der Waals surface area contributed by atoms with Crippen molar-refractivity contribution in [3.63, 3.8) is 0 Å². The average Bonchev–Trinajstić information content (AvgIpc) is 2.29. The van der Waals surface area contributed by atoms with Crippen LogP contribution in [-0.2, 0) is 8.03 Å².